The Hall–Kier alpha value is -3.02. The van der Waals surface area contributed by atoms with E-state index >= 15 is 0 Å². The van der Waals surface area contributed by atoms with Crippen LogP contribution in [-0.2, 0) is 0 Å². The van der Waals surface area contributed by atoms with Gasteiger partial charge in [-0.05, 0) is 61.1 Å². The summed E-state index contributed by atoms with van der Waals surface area (Å²) in [7, 11) is 0. The lowest BCUT2D eigenvalue weighted by atomic mass is 9.96. The largest absolute Gasteiger partial charge is 0.412 e. The number of carbonyl (C=O) groups excluding carboxylic acids is 2. The Kier molecular flexibility index (Phi) is 7.64. The van der Waals surface area contributed by atoms with Crippen molar-refractivity contribution in [3.05, 3.63) is 48.5 Å². The van der Waals surface area contributed by atoms with E-state index in [0.717, 1.165) is 62.5 Å². The van der Waals surface area contributed by atoms with E-state index in [-0.39, 0.29) is 12.1 Å². The highest BCUT2D eigenvalue weighted by atomic mass is 16.6. The normalized spacial score (nSPS) is 17.4. The van der Waals surface area contributed by atoms with Crippen molar-refractivity contribution in [2.45, 2.75) is 76.3 Å². The highest BCUT2D eigenvalue weighted by molar-refractivity contribution is 5.73. The highest BCUT2D eigenvalue weighted by Gasteiger charge is 2.18. The maximum atomic E-state index is 12.1. The Morgan fingerprint density at radius 1 is 0.562 bits per heavy atom. The molecule has 2 aliphatic rings. The predicted octanol–water partition coefficient (Wildman–Crippen LogP) is 6.20. The number of nitrogens with one attached hydrogen (secondary N) is 2. The van der Waals surface area contributed by atoms with E-state index in [1.54, 1.807) is 24.3 Å². The van der Waals surface area contributed by atoms with Gasteiger partial charge in [0.2, 0.25) is 0 Å². The van der Waals surface area contributed by atoms with E-state index in [2.05, 4.69) is 10.6 Å². The van der Waals surface area contributed by atoms with Crippen LogP contribution in [0.2, 0.25) is 0 Å². The maximum absolute atomic E-state index is 12.1. The fourth-order valence-electron chi connectivity index (χ4n) is 4.53. The van der Waals surface area contributed by atoms with Gasteiger partial charge in [-0.2, -0.15) is 0 Å². The summed E-state index contributed by atoms with van der Waals surface area (Å²) in [5, 5.41) is 5.91. The summed E-state index contributed by atoms with van der Waals surface area (Å²) < 4.78 is 10.8. The molecular weight excluding hydrogens is 404 g/mol. The van der Waals surface area contributed by atoms with Crippen LogP contribution in [0.25, 0.3) is 11.1 Å². The van der Waals surface area contributed by atoms with Gasteiger partial charge < -0.3 is 20.1 Å². The number of hydrogen-bond donors (Lipinski definition) is 2. The van der Waals surface area contributed by atoms with Crippen LogP contribution >= 0.6 is 0 Å². The summed E-state index contributed by atoms with van der Waals surface area (Å²) in [6.45, 7) is 0. The molecule has 0 spiro atoms. The molecule has 0 radical (unpaired) electrons. The molecule has 0 aliphatic heterocycles. The van der Waals surface area contributed by atoms with Gasteiger partial charge >= 0.3 is 12.2 Å². The van der Waals surface area contributed by atoms with Crippen molar-refractivity contribution < 1.29 is 19.1 Å². The van der Waals surface area contributed by atoms with Gasteiger partial charge in [0.1, 0.15) is 11.5 Å². The second kappa shape index (κ2) is 11.0. The minimum atomic E-state index is -0.391. The average Bonchev–Trinajstić information content (AvgIpc) is 2.81. The zero-order valence-electron chi connectivity index (χ0n) is 18.5. The quantitative estimate of drug-likeness (QED) is 0.585. The summed E-state index contributed by atoms with van der Waals surface area (Å²) in [5.74, 6) is 1.03. The Morgan fingerprint density at radius 3 is 1.25 bits per heavy atom. The van der Waals surface area contributed by atoms with Crippen LogP contribution in [0.1, 0.15) is 64.2 Å². The smallest absolute Gasteiger partial charge is 0.410 e. The van der Waals surface area contributed by atoms with Gasteiger partial charge in [-0.3, -0.25) is 0 Å². The van der Waals surface area contributed by atoms with Gasteiger partial charge in [0.15, 0.2) is 0 Å². The number of hydrogen-bond acceptors (Lipinski definition) is 4. The molecule has 2 N–H and O–H groups in total. The average molecular weight is 437 g/mol. The summed E-state index contributed by atoms with van der Waals surface area (Å²) in [4.78, 5) is 24.2. The Labute approximate surface area is 189 Å². The van der Waals surface area contributed by atoms with Crippen LogP contribution in [-0.4, -0.2) is 24.3 Å². The number of carbonyl (C=O) groups is 2. The summed E-state index contributed by atoms with van der Waals surface area (Å²) >= 11 is 0. The number of amides is 2. The molecule has 6 heteroatoms. The summed E-state index contributed by atoms with van der Waals surface area (Å²) in [5.41, 5.74) is 1.98. The third-order valence-corrected chi connectivity index (χ3v) is 6.32. The molecule has 4 rings (SSSR count). The van der Waals surface area contributed by atoms with Gasteiger partial charge in [-0.15, -0.1) is 0 Å². The number of rotatable bonds is 5. The molecule has 2 fully saturated rings. The third-order valence-electron chi connectivity index (χ3n) is 6.32. The predicted molar refractivity (Wildman–Crippen MR) is 124 cm³/mol. The highest BCUT2D eigenvalue weighted by Crippen LogP contribution is 2.25. The van der Waals surface area contributed by atoms with Crippen molar-refractivity contribution in [2.24, 2.45) is 0 Å². The first-order valence-electron chi connectivity index (χ1n) is 11.8. The first-order chi connectivity index (χ1) is 15.7. The van der Waals surface area contributed by atoms with E-state index in [1.165, 1.54) is 12.8 Å². The zero-order valence-corrected chi connectivity index (χ0v) is 18.5. The van der Waals surface area contributed by atoms with Crippen molar-refractivity contribution in [1.29, 1.82) is 0 Å². The number of benzene rings is 2. The maximum Gasteiger partial charge on any atom is 0.412 e. The van der Waals surface area contributed by atoms with Crippen LogP contribution in [0.15, 0.2) is 48.5 Å². The van der Waals surface area contributed by atoms with Crippen LogP contribution < -0.4 is 20.1 Å². The zero-order chi connectivity index (χ0) is 22.2. The Morgan fingerprint density at radius 2 is 0.906 bits per heavy atom. The van der Waals surface area contributed by atoms with E-state index in [1.807, 2.05) is 24.3 Å². The SMILES string of the molecule is O=C(NC1CCCCC1)Oc1ccc(-c2ccc(OC(=O)NC3CCCCC3)cc2)cc1. The lowest BCUT2D eigenvalue weighted by Gasteiger charge is -2.22. The second-order valence-electron chi connectivity index (χ2n) is 8.79. The molecule has 2 amide bonds. The first kappa shape index (κ1) is 22.2. The molecule has 0 unspecified atom stereocenters. The fraction of sp³-hybridized carbons (Fsp3) is 0.462. The van der Waals surface area contributed by atoms with Gasteiger partial charge in [0.25, 0.3) is 0 Å². The van der Waals surface area contributed by atoms with Gasteiger partial charge in [-0.25, -0.2) is 9.59 Å². The molecule has 0 heterocycles. The molecule has 0 atom stereocenters. The molecule has 6 nitrogen and oxygen atoms in total. The van der Waals surface area contributed by atoms with Crippen LogP contribution in [0.5, 0.6) is 11.5 Å². The van der Waals surface area contributed by atoms with Crippen molar-refractivity contribution in [3.63, 3.8) is 0 Å². The molecule has 2 aromatic carbocycles. The topological polar surface area (TPSA) is 76.7 Å². The number of ether oxygens (including phenoxy) is 2. The van der Waals surface area contributed by atoms with E-state index in [0.29, 0.717) is 11.5 Å². The van der Waals surface area contributed by atoms with E-state index in [9.17, 15) is 9.59 Å². The molecule has 0 saturated heterocycles. The van der Waals surface area contributed by atoms with Crippen molar-refractivity contribution in [3.8, 4) is 22.6 Å². The molecule has 2 aromatic rings. The Balaban J connectivity index is 1.27. The van der Waals surface area contributed by atoms with E-state index < -0.39 is 12.2 Å². The van der Waals surface area contributed by atoms with Gasteiger partial charge in [0, 0.05) is 12.1 Å². The minimum Gasteiger partial charge on any atom is -0.410 e. The van der Waals surface area contributed by atoms with Crippen molar-refractivity contribution >= 4 is 12.2 Å². The Bertz CT molecular complexity index is 808. The van der Waals surface area contributed by atoms with Crippen molar-refractivity contribution in [2.75, 3.05) is 0 Å². The lowest BCUT2D eigenvalue weighted by Crippen LogP contribution is -2.38. The molecule has 32 heavy (non-hydrogen) atoms. The van der Waals surface area contributed by atoms with Crippen LogP contribution in [0.4, 0.5) is 9.59 Å². The molecule has 170 valence electrons. The minimum absolute atomic E-state index is 0.223. The van der Waals surface area contributed by atoms with Gasteiger partial charge in [0.05, 0.1) is 0 Å². The first-order valence-corrected chi connectivity index (χ1v) is 11.8. The molecule has 2 aliphatic carbocycles. The summed E-state index contributed by atoms with van der Waals surface area (Å²) in [6, 6.07) is 15.3. The molecule has 0 bridgehead atoms. The molecular formula is C26H32N2O4. The third kappa shape index (κ3) is 6.49. The van der Waals surface area contributed by atoms with Crippen LogP contribution in [0, 0.1) is 0 Å². The van der Waals surface area contributed by atoms with Gasteiger partial charge in [-0.1, -0.05) is 62.8 Å². The lowest BCUT2D eigenvalue weighted by molar-refractivity contribution is 0.191. The van der Waals surface area contributed by atoms with E-state index in [4.69, 9.17) is 9.47 Å². The summed E-state index contributed by atoms with van der Waals surface area (Å²) in [6.07, 6.45) is 10.4. The monoisotopic (exact) mass is 436 g/mol. The fourth-order valence-corrected chi connectivity index (χ4v) is 4.53. The van der Waals surface area contributed by atoms with Crippen molar-refractivity contribution in [1.82, 2.24) is 10.6 Å². The molecule has 0 aromatic heterocycles. The van der Waals surface area contributed by atoms with Crippen LogP contribution in [0.3, 0.4) is 0 Å². The second-order valence-corrected chi connectivity index (χ2v) is 8.79. The molecule has 2 saturated carbocycles. The standard InChI is InChI=1S/C26H32N2O4/c29-25(27-21-7-3-1-4-8-21)31-23-15-11-19(12-16-23)20-13-17-24(18-14-20)32-26(30)28-22-9-5-2-6-10-22/h11-18,21-22H,1-10H2,(H,27,29)(H,28,30).